The highest BCUT2D eigenvalue weighted by Gasteiger charge is 2.07. The van der Waals surface area contributed by atoms with Crippen LogP contribution in [0, 0.1) is 18.3 Å². The highest BCUT2D eigenvalue weighted by atomic mass is 14.9. The SMILES string of the molecule is Cc1ccc(NCC(N)c2ccccc2)c(C#N)c1. The van der Waals surface area contributed by atoms with E-state index in [0.29, 0.717) is 12.1 Å². The Morgan fingerprint density at radius 2 is 1.95 bits per heavy atom. The fourth-order valence-electron chi connectivity index (χ4n) is 1.94. The molecule has 96 valence electrons. The maximum atomic E-state index is 9.10. The minimum Gasteiger partial charge on any atom is -0.382 e. The van der Waals surface area contributed by atoms with Gasteiger partial charge in [0.15, 0.2) is 0 Å². The zero-order valence-electron chi connectivity index (χ0n) is 10.9. The van der Waals surface area contributed by atoms with Gasteiger partial charge in [-0.1, -0.05) is 36.4 Å². The van der Waals surface area contributed by atoms with Crippen molar-refractivity contribution in [3.05, 3.63) is 65.2 Å². The Labute approximate surface area is 113 Å². The normalized spacial score (nSPS) is 11.6. The third-order valence-electron chi connectivity index (χ3n) is 3.04. The van der Waals surface area contributed by atoms with Crippen LogP contribution in [0.4, 0.5) is 5.69 Å². The molecule has 1 atom stereocenters. The van der Waals surface area contributed by atoms with Crippen molar-refractivity contribution < 1.29 is 0 Å². The number of anilines is 1. The van der Waals surface area contributed by atoms with Gasteiger partial charge in [0.05, 0.1) is 11.3 Å². The Bertz CT molecular complexity index is 585. The summed E-state index contributed by atoms with van der Waals surface area (Å²) in [6, 6.07) is 17.8. The van der Waals surface area contributed by atoms with E-state index in [-0.39, 0.29) is 6.04 Å². The van der Waals surface area contributed by atoms with Gasteiger partial charge < -0.3 is 11.1 Å². The molecular weight excluding hydrogens is 234 g/mol. The molecule has 0 spiro atoms. The van der Waals surface area contributed by atoms with Crippen LogP contribution in [0.15, 0.2) is 48.5 Å². The molecule has 0 fully saturated rings. The third kappa shape index (κ3) is 3.34. The molecule has 0 saturated carbocycles. The van der Waals surface area contributed by atoms with Gasteiger partial charge in [0, 0.05) is 12.6 Å². The van der Waals surface area contributed by atoms with Crippen molar-refractivity contribution in [3.63, 3.8) is 0 Å². The van der Waals surface area contributed by atoms with Gasteiger partial charge in [-0.3, -0.25) is 0 Å². The van der Waals surface area contributed by atoms with Crippen LogP contribution in [0.5, 0.6) is 0 Å². The molecule has 0 aliphatic carbocycles. The summed E-state index contributed by atoms with van der Waals surface area (Å²) in [6.45, 7) is 2.57. The van der Waals surface area contributed by atoms with Crippen molar-refractivity contribution in [2.45, 2.75) is 13.0 Å². The molecule has 0 aliphatic heterocycles. The Morgan fingerprint density at radius 3 is 2.63 bits per heavy atom. The predicted molar refractivity (Wildman–Crippen MR) is 77.8 cm³/mol. The molecule has 19 heavy (non-hydrogen) atoms. The second kappa shape index (κ2) is 6.03. The first-order valence-electron chi connectivity index (χ1n) is 6.26. The summed E-state index contributed by atoms with van der Waals surface area (Å²) in [7, 11) is 0. The average Bonchev–Trinajstić information content (AvgIpc) is 2.46. The van der Waals surface area contributed by atoms with Gasteiger partial charge in [-0.2, -0.15) is 5.26 Å². The zero-order valence-corrected chi connectivity index (χ0v) is 10.9. The van der Waals surface area contributed by atoms with Gasteiger partial charge in [0.2, 0.25) is 0 Å². The molecular formula is C16H17N3. The lowest BCUT2D eigenvalue weighted by Crippen LogP contribution is -2.20. The largest absolute Gasteiger partial charge is 0.382 e. The summed E-state index contributed by atoms with van der Waals surface area (Å²) in [5, 5.41) is 12.3. The van der Waals surface area contributed by atoms with Crippen molar-refractivity contribution in [3.8, 4) is 6.07 Å². The van der Waals surface area contributed by atoms with Crippen molar-refractivity contribution in [1.29, 1.82) is 5.26 Å². The van der Waals surface area contributed by atoms with Crippen LogP contribution in [0.2, 0.25) is 0 Å². The van der Waals surface area contributed by atoms with Gasteiger partial charge in [0.25, 0.3) is 0 Å². The Kier molecular flexibility index (Phi) is 4.17. The topological polar surface area (TPSA) is 61.8 Å². The minimum atomic E-state index is -0.0888. The fourth-order valence-corrected chi connectivity index (χ4v) is 1.94. The molecule has 0 aromatic heterocycles. The summed E-state index contributed by atoms with van der Waals surface area (Å²) >= 11 is 0. The smallest absolute Gasteiger partial charge is 0.101 e. The summed E-state index contributed by atoms with van der Waals surface area (Å²) in [4.78, 5) is 0. The number of aryl methyl sites for hydroxylation is 1. The second-order valence-corrected chi connectivity index (χ2v) is 4.56. The summed E-state index contributed by atoms with van der Waals surface area (Å²) in [5.74, 6) is 0. The van der Waals surface area contributed by atoms with Crippen molar-refractivity contribution >= 4 is 5.69 Å². The fraction of sp³-hybridized carbons (Fsp3) is 0.188. The van der Waals surface area contributed by atoms with Crippen LogP contribution in [-0.2, 0) is 0 Å². The zero-order chi connectivity index (χ0) is 13.7. The summed E-state index contributed by atoms with van der Waals surface area (Å²) in [5.41, 5.74) is 9.77. The molecule has 0 radical (unpaired) electrons. The maximum absolute atomic E-state index is 9.10. The Hall–Kier alpha value is -2.31. The number of benzene rings is 2. The first-order chi connectivity index (χ1) is 9.20. The Morgan fingerprint density at radius 1 is 1.21 bits per heavy atom. The first kappa shape index (κ1) is 13.1. The number of hydrogen-bond donors (Lipinski definition) is 2. The molecule has 0 aliphatic rings. The molecule has 0 heterocycles. The number of nitriles is 1. The molecule has 0 saturated heterocycles. The lowest BCUT2D eigenvalue weighted by molar-refractivity contribution is 0.764. The van der Waals surface area contributed by atoms with Crippen LogP contribution in [0.1, 0.15) is 22.7 Å². The number of nitrogens with zero attached hydrogens (tertiary/aromatic N) is 1. The quantitative estimate of drug-likeness (QED) is 0.878. The lowest BCUT2D eigenvalue weighted by Gasteiger charge is -2.15. The molecule has 2 rings (SSSR count). The average molecular weight is 251 g/mol. The van der Waals surface area contributed by atoms with E-state index in [1.165, 1.54) is 0 Å². The number of hydrogen-bond acceptors (Lipinski definition) is 3. The van der Waals surface area contributed by atoms with Crippen LogP contribution in [0.25, 0.3) is 0 Å². The summed E-state index contributed by atoms with van der Waals surface area (Å²) < 4.78 is 0. The maximum Gasteiger partial charge on any atom is 0.101 e. The molecule has 2 aromatic rings. The van der Waals surface area contributed by atoms with Gasteiger partial charge in [-0.25, -0.2) is 0 Å². The molecule has 3 nitrogen and oxygen atoms in total. The van der Waals surface area contributed by atoms with Crippen molar-refractivity contribution in [2.24, 2.45) is 5.73 Å². The van der Waals surface area contributed by atoms with Crippen molar-refractivity contribution in [2.75, 3.05) is 11.9 Å². The minimum absolute atomic E-state index is 0.0888. The molecule has 1 unspecified atom stereocenters. The first-order valence-corrected chi connectivity index (χ1v) is 6.26. The second-order valence-electron chi connectivity index (χ2n) is 4.56. The van der Waals surface area contributed by atoms with E-state index in [1.54, 1.807) is 0 Å². The monoisotopic (exact) mass is 251 g/mol. The van der Waals surface area contributed by atoms with Gasteiger partial charge in [-0.15, -0.1) is 0 Å². The van der Waals surface area contributed by atoms with Gasteiger partial charge in [-0.05, 0) is 30.2 Å². The number of nitrogens with one attached hydrogen (secondary N) is 1. The third-order valence-corrected chi connectivity index (χ3v) is 3.04. The Balaban J connectivity index is 2.05. The highest BCUT2D eigenvalue weighted by Crippen LogP contribution is 2.18. The van der Waals surface area contributed by atoms with E-state index >= 15 is 0 Å². The van der Waals surface area contributed by atoms with Crippen LogP contribution in [-0.4, -0.2) is 6.54 Å². The van der Waals surface area contributed by atoms with Crippen LogP contribution >= 0.6 is 0 Å². The molecule has 3 heteroatoms. The van der Waals surface area contributed by atoms with E-state index in [1.807, 2.05) is 55.5 Å². The number of nitrogens with two attached hydrogens (primary N) is 1. The van der Waals surface area contributed by atoms with Gasteiger partial charge >= 0.3 is 0 Å². The lowest BCUT2D eigenvalue weighted by atomic mass is 10.1. The van der Waals surface area contributed by atoms with E-state index < -0.39 is 0 Å². The van der Waals surface area contributed by atoms with E-state index in [2.05, 4.69) is 11.4 Å². The van der Waals surface area contributed by atoms with Crippen molar-refractivity contribution in [1.82, 2.24) is 0 Å². The predicted octanol–water partition coefficient (Wildman–Crippen LogP) is 2.98. The van der Waals surface area contributed by atoms with E-state index in [9.17, 15) is 0 Å². The highest BCUT2D eigenvalue weighted by molar-refractivity contribution is 5.58. The van der Waals surface area contributed by atoms with E-state index in [0.717, 1.165) is 16.8 Å². The summed E-state index contributed by atoms with van der Waals surface area (Å²) in [6.07, 6.45) is 0. The molecule has 2 aromatic carbocycles. The van der Waals surface area contributed by atoms with E-state index in [4.69, 9.17) is 11.0 Å². The van der Waals surface area contributed by atoms with Crippen LogP contribution in [0.3, 0.4) is 0 Å². The van der Waals surface area contributed by atoms with Crippen LogP contribution < -0.4 is 11.1 Å². The molecule has 3 N–H and O–H groups in total. The molecule has 0 amide bonds. The standard InChI is InChI=1S/C16H17N3/c1-12-7-8-16(14(9-12)10-17)19-11-15(18)13-5-3-2-4-6-13/h2-9,15,19H,11,18H2,1H3. The number of rotatable bonds is 4. The van der Waals surface area contributed by atoms with Gasteiger partial charge in [0.1, 0.15) is 6.07 Å². The molecule has 0 bridgehead atoms.